The van der Waals surface area contributed by atoms with Crippen molar-refractivity contribution >= 4 is 40.2 Å². The molecule has 0 saturated carbocycles. The zero-order chi connectivity index (χ0) is 18.1. The monoisotopic (exact) mass is 468 g/mol. The molecule has 0 bridgehead atoms. The molecule has 2 aromatic carbocycles. The molecule has 2 aromatic rings. The van der Waals surface area contributed by atoms with Crippen molar-refractivity contribution in [1.29, 1.82) is 0 Å². The first-order chi connectivity index (χ1) is 11.0. The summed E-state index contributed by atoms with van der Waals surface area (Å²) in [7, 11) is -1.80. The Morgan fingerprint density at radius 2 is 1.46 bits per heavy atom. The quantitative estimate of drug-likeness (QED) is 0.421. The smallest absolute Gasteiger partial charge is 0.250 e. The van der Waals surface area contributed by atoms with Gasteiger partial charge in [-0.1, -0.05) is 70.8 Å². The van der Waals surface area contributed by atoms with Crippen LogP contribution >= 0.6 is 31.9 Å². The van der Waals surface area contributed by atoms with E-state index in [-0.39, 0.29) is 5.04 Å². The van der Waals surface area contributed by atoms with Crippen molar-refractivity contribution in [2.75, 3.05) is 0 Å². The average Bonchev–Trinajstić information content (AvgIpc) is 2.42. The molecule has 0 N–H and O–H groups in total. The number of rotatable bonds is 4. The molecule has 130 valence electrons. The van der Waals surface area contributed by atoms with Crippen LogP contribution < -0.4 is 4.43 Å². The molecule has 0 aliphatic rings. The van der Waals surface area contributed by atoms with E-state index in [2.05, 4.69) is 109 Å². The molecule has 0 aliphatic carbocycles. The van der Waals surface area contributed by atoms with E-state index < -0.39 is 8.32 Å². The van der Waals surface area contributed by atoms with E-state index in [9.17, 15) is 0 Å². The van der Waals surface area contributed by atoms with E-state index in [1.54, 1.807) is 0 Å². The van der Waals surface area contributed by atoms with Gasteiger partial charge in [0, 0.05) is 8.95 Å². The first-order valence-electron chi connectivity index (χ1n) is 8.22. The lowest BCUT2D eigenvalue weighted by Crippen LogP contribution is -2.43. The van der Waals surface area contributed by atoms with Crippen molar-refractivity contribution in [2.24, 2.45) is 0 Å². The normalized spacial score (nSPS) is 12.3. The third-order valence-corrected chi connectivity index (χ3v) is 10.6. The predicted octanol–water partition coefficient (Wildman–Crippen LogP) is 7.49. The van der Waals surface area contributed by atoms with Crippen LogP contribution in [0, 0.1) is 6.92 Å². The van der Waals surface area contributed by atoms with Crippen molar-refractivity contribution in [3.63, 3.8) is 0 Å². The first-order valence-corrected chi connectivity index (χ1v) is 12.7. The molecule has 2 rings (SSSR count). The molecular weight excluding hydrogens is 444 g/mol. The Morgan fingerprint density at radius 3 is 1.96 bits per heavy atom. The number of hydrogen-bond acceptors (Lipinski definition) is 1. The highest BCUT2D eigenvalue weighted by atomic mass is 79.9. The number of hydrogen-bond donors (Lipinski definition) is 0. The van der Waals surface area contributed by atoms with Crippen LogP contribution in [0.2, 0.25) is 18.1 Å². The van der Waals surface area contributed by atoms with Crippen LogP contribution in [0.15, 0.2) is 45.3 Å². The van der Waals surface area contributed by atoms with E-state index in [1.165, 1.54) is 16.7 Å². The highest BCUT2D eigenvalue weighted by Gasteiger charge is 2.39. The van der Waals surface area contributed by atoms with E-state index in [0.29, 0.717) is 0 Å². The fourth-order valence-corrected chi connectivity index (χ4v) is 4.34. The minimum Gasteiger partial charge on any atom is -0.543 e. The maximum Gasteiger partial charge on any atom is 0.250 e. The Kier molecular flexibility index (Phi) is 6.04. The molecule has 4 heteroatoms. The van der Waals surface area contributed by atoms with Crippen LogP contribution in [0.3, 0.4) is 0 Å². The fourth-order valence-electron chi connectivity index (χ4n) is 2.18. The van der Waals surface area contributed by atoms with Crippen LogP contribution in [0.4, 0.5) is 0 Å². The van der Waals surface area contributed by atoms with Gasteiger partial charge in [-0.05, 0) is 66.4 Å². The number of benzene rings is 2. The van der Waals surface area contributed by atoms with Crippen LogP contribution in [0.5, 0.6) is 5.75 Å². The van der Waals surface area contributed by atoms with E-state index in [0.717, 1.165) is 21.1 Å². The lowest BCUT2D eigenvalue weighted by atomic mass is 10.0. The van der Waals surface area contributed by atoms with Crippen LogP contribution in [-0.4, -0.2) is 8.32 Å². The minimum atomic E-state index is -1.80. The average molecular weight is 470 g/mol. The van der Waals surface area contributed by atoms with Gasteiger partial charge in [0.25, 0.3) is 0 Å². The van der Waals surface area contributed by atoms with Crippen molar-refractivity contribution in [1.82, 2.24) is 0 Å². The molecule has 24 heavy (non-hydrogen) atoms. The van der Waals surface area contributed by atoms with Gasteiger partial charge >= 0.3 is 0 Å². The summed E-state index contributed by atoms with van der Waals surface area (Å²) in [5.74, 6) is 0.959. The van der Waals surface area contributed by atoms with Gasteiger partial charge in [-0.15, -0.1) is 0 Å². The minimum absolute atomic E-state index is 0.199. The molecule has 0 atom stereocenters. The largest absolute Gasteiger partial charge is 0.543 e. The summed E-state index contributed by atoms with van der Waals surface area (Å²) in [5.41, 5.74) is 3.82. The SMILES string of the molecule is Cc1ccc(Cc2ccc(O[Si](C)(C)C(C)(C)C)cc2Br)c(Br)c1. The molecule has 0 amide bonds. The lowest BCUT2D eigenvalue weighted by Gasteiger charge is -2.36. The highest BCUT2D eigenvalue weighted by molar-refractivity contribution is 9.10. The third kappa shape index (κ3) is 4.74. The van der Waals surface area contributed by atoms with E-state index in [4.69, 9.17) is 4.43 Å². The molecule has 0 aliphatic heterocycles. The highest BCUT2D eigenvalue weighted by Crippen LogP contribution is 2.38. The Morgan fingerprint density at radius 1 is 0.917 bits per heavy atom. The maximum absolute atomic E-state index is 6.39. The summed E-state index contributed by atoms with van der Waals surface area (Å²) in [6.07, 6.45) is 0.891. The van der Waals surface area contributed by atoms with E-state index in [1.807, 2.05) is 0 Å². The van der Waals surface area contributed by atoms with Crippen LogP contribution in [-0.2, 0) is 6.42 Å². The van der Waals surface area contributed by atoms with E-state index >= 15 is 0 Å². The van der Waals surface area contributed by atoms with Crippen LogP contribution in [0.25, 0.3) is 0 Å². The van der Waals surface area contributed by atoms with Crippen molar-refractivity contribution in [2.45, 2.75) is 52.2 Å². The topological polar surface area (TPSA) is 9.23 Å². The first kappa shape index (κ1) is 19.7. The van der Waals surface area contributed by atoms with Gasteiger partial charge in [0.1, 0.15) is 5.75 Å². The Labute approximate surface area is 164 Å². The summed E-state index contributed by atoms with van der Waals surface area (Å²) in [5, 5.41) is 0.199. The lowest BCUT2D eigenvalue weighted by molar-refractivity contribution is 0.492. The molecule has 0 radical (unpaired) electrons. The second-order valence-corrected chi connectivity index (χ2v) is 14.3. The van der Waals surface area contributed by atoms with Gasteiger partial charge in [-0.2, -0.15) is 0 Å². The molecular formula is C20H26Br2OSi. The van der Waals surface area contributed by atoms with Crippen molar-refractivity contribution in [3.05, 3.63) is 62.0 Å². The molecule has 0 unspecified atom stereocenters. The Hall–Kier alpha value is -0.583. The molecule has 1 nitrogen and oxygen atoms in total. The molecule has 0 aromatic heterocycles. The Bertz CT molecular complexity index is 733. The maximum atomic E-state index is 6.39. The summed E-state index contributed by atoms with van der Waals surface area (Å²) in [4.78, 5) is 0. The van der Waals surface area contributed by atoms with Gasteiger partial charge in [0.2, 0.25) is 8.32 Å². The zero-order valence-electron chi connectivity index (χ0n) is 15.3. The Balaban J connectivity index is 2.21. The van der Waals surface area contributed by atoms with Gasteiger partial charge in [0.05, 0.1) is 0 Å². The molecule has 0 spiro atoms. The summed E-state index contributed by atoms with van der Waals surface area (Å²) < 4.78 is 8.66. The second-order valence-electron chi connectivity index (χ2n) is 7.89. The molecule has 0 heterocycles. The fraction of sp³-hybridized carbons (Fsp3) is 0.400. The van der Waals surface area contributed by atoms with Crippen LogP contribution in [0.1, 0.15) is 37.5 Å². The summed E-state index contributed by atoms with van der Waals surface area (Å²) in [6, 6.07) is 12.9. The third-order valence-electron chi connectivity index (χ3n) is 4.79. The summed E-state index contributed by atoms with van der Waals surface area (Å²) in [6.45, 7) is 13.4. The molecule has 0 saturated heterocycles. The second kappa shape index (κ2) is 7.34. The van der Waals surface area contributed by atoms with Crippen molar-refractivity contribution in [3.8, 4) is 5.75 Å². The number of aryl methyl sites for hydroxylation is 1. The summed E-state index contributed by atoms with van der Waals surface area (Å²) >= 11 is 7.39. The van der Waals surface area contributed by atoms with Crippen molar-refractivity contribution < 1.29 is 4.43 Å². The molecule has 0 fully saturated rings. The predicted molar refractivity (Wildman–Crippen MR) is 114 cm³/mol. The zero-order valence-corrected chi connectivity index (χ0v) is 19.5. The van der Waals surface area contributed by atoms with Gasteiger partial charge in [0.15, 0.2) is 0 Å². The van der Waals surface area contributed by atoms with Gasteiger partial charge < -0.3 is 4.43 Å². The standard InChI is InChI=1S/C20H26Br2OSi/c1-14-7-8-15(18(21)11-14)12-16-9-10-17(13-19(16)22)23-24(5,6)20(2,3)4/h7-11,13H,12H2,1-6H3. The van der Waals surface area contributed by atoms with Gasteiger partial charge in [-0.3, -0.25) is 0 Å². The number of halogens is 2. The van der Waals surface area contributed by atoms with Gasteiger partial charge in [-0.25, -0.2) is 0 Å².